The fourth-order valence-electron chi connectivity index (χ4n) is 2.78. The minimum Gasteiger partial charge on any atom is -0.376 e. The smallest absolute Gasteiger partial charge is 0.259 e. The monoisotopic (exact) mass is 288 g/mol. The van der Waals surface area contributed by atoms with Crippen molar-refractivity contribution in [2.75, 3.05) is 26.1 Å². The Labute approximate surface area is 124 Å². The average molecular weight is 288 g/mol. The molecule has 0 N–H and O–H groups in total. The van der Waals surface area contributed by atoms with Crippen LogP contribution in [-0.2, 0) is 10.3 Å². The first-order chi connectivity index (χ1) is 10.1. The Hall–Kier alpha value is -1.95. The standard InChI is InChI=1S/C15H20N4O2/c1-19(2)12-8-11(9-16-10-12)13-17-14(18-21-13)15(20-3)6-4-5-7-15/h8-10H,4-7H2,1-3H3. The second kappa shape index (κ2) is 5.44. The molecule has 0 amide bonds. The maximum Gasteiger partial charge on any atom is 0.259 e. The molecule has 2 aromatic heterocycles. The Balaban J connectivity index is 1.93. The van der Waals surface area contributed by atoms with E-state index in [0.717, 1.165) is 36.9 Å². The Morgan fingerprint density at radius 3 is 2.67 bits per heavy atom. The zero-order valence-electron chi connectivity index (χ0n) is 12.7. The van der Waals surface area contributed by atoms with Crippen LogP contribution in [0.25, 0.3) is 11.5 Å². The van der Waals surface area contributed by atoms with E-state index >= 15 is 0 Å². The SMILES string of the molecule is COC1(c2noc(-c3cncc(N(C)C)c3)n2)CCCC1. The first-order valence-electron chi connectivity index (χ1n) is 7.17. The maximum absolute atomic E-state index is 5.69. The van der Waals surface area contributed by atoms with Gasteiger partial charge < -0.3 is 14.2 Å². The number of ether oxygens (including phenoxy) is 1. The highest BCUT2D eigenvalue weighted by Crippen LogP contribution is 2.40. The molecule has 6 heteroatoms. The van der Waals surface area contributed by atoms with Gasteiger partial charge in [0.1, 0.15) is 5.60 Å². The first kappa shape index (κ1) is 14.0. The number of nitrogens with zero attached hydrogens (tertiary/aromatic N) is 4. The van der Waals surface area contributed by atoms with Crippen LogP contribution in [0.5, 0.6) is 0 Å². The molecule has 0 spiro atoms. The van der Waals surface area contributed by atoms with Crippen molar-refractivity contribution < 1.29 is 9.26 Å². The van der Waals surface area contributed by atoms with Gasteiger partial charge in [-0.1, -0.05) is 5.16 Å². The Kier molecular flexibility index (Phi) is 3.63. The van der Waals surface area contributed by atoms with Crippen molar-refractivity contribution >= 4 is 5.69 Å². The third-order valence-corrected chi connectivity index (χ3v) is 4.12. The zero-order chi connectivity index (χ0) is 14.9. The van der Waals surface area contributed by atoms with E-state index in [1.807, 2.05) is 25.1 Å². The lowest BCUT2D eigenvalue weighted by Gasteiger charge is -2.22. The van der Waals surface area contributed by atoms with Crippen LogP contribution in [0.2, 0.25) is 0 Å². The number of hydrogen-bond acceptors (Lipinski definition) is 6. The highest BCUT2D eigenvalue weighted by atomic mass is 16.5. The van der Waals surface area contributed by atoms with Gasteiger partial charge in [0, 0.05) is 27.4 Å². The summed E-state index contributed by atoms with van der Waals surface area (Å²) in [5.41, 5.74) is 1.44. The number of aromatic nitrogens is 3. The molecule has 1 aliphatic carbocycles. The number of pyridine rings is 1. The van der Waals surface area contributed by atoms with E-state index in [2.05, 4.69) is 15.1 Å². The number of methoxy groups -OCH3 is 1. The first-order valence-corrected chi connectivity index (χ1v) is 7.17. The minimum atomic E-state index is -0.381. The molecule has 0 bridgehead atoms. The summed E-state index contributed by atoms with van der Waals surface area (Å²) in [5, 5.41) is 4.14. The fourth-order valence-corrected chi connectivity index (χ4v) is 2.78. The molecule has 1 saturated carbocycles. The van der Waals surface area contributed by atoms with Crippen LogP contribution in [0.3, 0.4) is 0 Å². The quantitative estimate of drug-likeness (QED) is 0.861. The molecule has 1 fully saturated rings. The Bertz CT molecular complexity index is 618. The number of rotatable bonds is 4. The van der Waals surface area contributed by atoms with E-state index in [9.17, 15) is 0 Å². The molecule has 3 rings (SSSR count). The second-order valence-corrected chi connectivity index (χ2v) is 5.65. The summed E-state index contributed by atoms with van der Waals surface area (Å²) in [6.07, 6.45) is 7.69. The molecule has 0 radical (unpaired) electrons. The molecule has 112 valence electrons. The average Bonchev–Trinajstić information content (AvgIpc) is 3.17. The molecular formula is C15H20N4O2. The van der Waals surface area contributed by atoms with Crippen LogP contribution in [0.15, 0.2) is 23.0 Å². The van der Waals surface area contributed by atoms with Gasteiger partial charge in [0.15, 0.2) is 0 Å². The molecular weight excluding hydrogens is 268 g/mol. The van der Waals surface area contributed by atoms with Crippen molar-refractivity contribution in [3.8, 4) is 11.5 Å². The summed E-state index contributed by atoms with van der Waals surface area (Å²) in [5.74, 6) is 1.14. The lowest BCUT2D eigenvalue weighted by Crippen LogP contribution is -2.25. The molecule has 0 unspecified atom stereocenters. The predicted molar refractivity (Wildman–Crippen MR) is 79.0 cm³/mol. The normalized spacial score (nSPS) is 17.1. The van der Waals surface area contributed by atoms with Crippen LogP contribution in [0, 0.1) is 0 Å². The molecule has 21 heavy (non-hydrogen) atoms. The molecule has 1 aliphatic rings. The molecule has 0 aromatic carbocycles. The van der Waals surface area contributed by atoms with E-state index in [-0.39, 0.29) is 5.60 Å². The Morgan fingerprint density at radius 2 is 2.00 bits per heavy atom. The van der Waals surface area contributed by atoms with Gasteiger partial charge in [0.2, 0.25) is 5.82 Å². The summed E-state index contributed by atoms with van der Waals surface area (Å²) < 4.78 is 11.1. The van der Waals surface area contributed by atoms with Crippen LogP contribution in [0.4, 0.5) is 5.69 Å². The molecule has 2 heterocycles. The van der Waals surface area contributed by atoms with Crippen LogP contribution >= 0.6 is 0 Å². The van der Waals surface area contributed by atoms with Crippen molar-refractivity contribution in [2.45, 2.75) is 31.3 Å². The van der Waals surface area contributed by atoms with E-state index < -0.39 is 0 Å². The number of anilines is 1. The van der Waals surface area contributed by atoms with Gasteiger partial charge >= 0.3 is 0 Å². The minimum absolute atomic E-state index is 0.381. The molecule has 0 saturated heterocycles. The largest absolute Gasteiger partial charge is 0.376 e. The highest BCUT2D eigenvalue weighted by molar-refractivity contribution is 5.59. The lowest BCUT2D eigenvalue weighted by molar-refractivity contribution is -0.0178. The predicted octanol–water partition coefficient (Wildman–Crippen LogP) is 2.61. The van der Waals surface area contributed by atoms with Gasteiger partial charge in [0.25, 0.3) is 5.89 Å². The highest BCUT2D eigenvalue weighted by Gasteiger charge is 2.40. The second-order valence-electron chi connectivity index (χ2n) is 5.65. The van der Waals surface area contributed by atoms with Gasteiger partial charge in [-0.15, -0.1) is 0 Å². The van der Waals surface area contributed by atoms with Gasteiger partial charge in [0.05, 0.1) is 17.4 Å². The van der Waals surface area contributed by atoms with Crippen molar-refractivity contribution in [1.29, 1.82) is 0 Å². The van der Waals surface area contributed by atoms with Crippen molar-refractivity contribution in [3.05, 3.63) is 24.3 Å². The van der Waals surface area contributed by atoms with Crippen LogP contribution in [0.1, 0.15) is 31.5 Å². The molecule has 0 aliphatic heterocycles. The molecule has 6 nitrogen and oxygen atoms in total. The maximum atomic E-state index is 5.69. The summed E-state index contributed by atoms with van der Waals surface area (Å²) in [4.78, 5) is 10.8. The lowest BCUT2D eigenvalue weighted by atomic mass is 10.0. The molecule has 0 atom stereocenters. The van der Waals surface area contributed by atoms with Crippen molar-refractivity contribution in [3.63, 3.8) is 0 Å². The van der Waals surface area contributed by atoms with Gasteiger partial charge in [-0.25, -0.2) is 0 Å². The van der Waals surface area contributed by atoms with Gasteiger partial charge in [-0.05, 0) is 31.7 Å². The van der Waals surface area contributed by atoms with E-state index in [4.69, 9.17) is 9.26 Å². The van der Waals surface area contributed by atoms with Crippen molar-refractivity contribution in [1.82, 2.24) is 15.1 Å². The summed E-state index contributed by atoms with van der Waals surface area (Å²) in [6.45, 7) is 0. The van der Waals surface area contributed by atoms with Crippen LogP contribution < -0.4 is 4.90 Å². The fraction of sp³-hybridized carbons (Fsp3) is 0.533. The number of hydrogen-bond donors (Lipinski definition) is 0. The van der Waals surface area contributed by atoms with Crippen molar-refractivity contribution in [2.24, 2.45) is 0 Å². The van der Waals surface area contributed by atoms with E-state index in [1.165, 1.54) is 0 Å². The summed E-state index contributed by atoms with van der Waals surface area (Å²) in [7, 11) is 5.66. The third-order valence-electron chi connectivity index (χ3n) is 4.12. The van der Waals surface area contributed by atoms with Gasteiger partial charge in [-0.3, -0.25) is 4.98 Å². The summed E-state index contributed by atoms with van der Waals surface area (Å²) in [6, 6.07) is 1.98. The third kappa shape index (κ3) is 2.51. The van der Waals surface area contributed by atoms with Gasteiger partial charge in [-0.2, -0.15) is 4.98 Å². The van der Waals surface area contributed by atoms with E-state index in [1.54, 1.807) is 19.5 Å². The summed E-state index contributed by atoms with van der Waals surface area (Å²) >= 11 is 0. The van der Waals surface area contributed by atoms with E-state index in [0.29, 0.717) is 11.7 Å². The zero-order valence-corrected chi connectivity index (χ0v) is 12.7. The van der Waals surface area contributed by atoms with Crippen LogP contribution in [-0.4, -0.2) is 36.3 Å². The topological polar surface area (TPSA) is 64.3 Å². The Morgan fingerprint density at radius 1 is 1.24 bits per heavy atom. The molecule has 2 aromatic rings.